The third kappa shape index (κ3) is 1.85. The lowest BCUT2D eigenvalue weighted by Gasteiger charge is -2.16. The molecule has 0 bridgehead atoms. The lowest BCUT2D eigenvalue weighted by Crippen LogP contribution is -2.28. The lowest BCUT2D eigenvalue weighted by molar-refractivity contribution is 0.647. The van der Waals surface area contributed by atoms with Gasteiger partial charge in [0.2, 0.25) is 0 Å². The molecule has 0 radical (unpaired) electrons. The zero-order valence-corrected chi connectivity index (χ0v) is 11.5. The maximum atomic E-state index is 5.76. The van der Waals surface area contributed by atoms with Crippen molar-refractivity contribution in [3.63, 3.8) is 0 Å². The van der Waals surface area contributed by atoms with Crippen LogP contribution in [0.5, 0.6) is 0 Å². The van der Waals surface area contributed by atoms with Crippen molar-refractivity contribution in [1.82, 2.24) is 10.4 Å². The van der Waals surface area contributed by atoms with E-state index in [0.717, 1.165) is 5.69 Å². The molecule has 0 saturated heterocycles. The number of aromatic nitrogens is 1. The van der Waals surface area contributed by atoms with E-state index < -0.39 is 0 Å². The molecule has 3 nitrogen and oxygen atoms in total. The zero-order chi connectivity index (χ0) is 12.5. The van der Waals surface area contributed by atoms with E-state index in [9.17, 15) is 0 Å². The molecule has 1 atom stereocenters. The van der Waals surface area contributed by atoms with E-state index in [2.05, 4.69) is 40.1 Å². The van der Waals surface area contributed by atoms with E-state index >= 15 is 0 Å². The molecule has 1 aromatic carbocycles. The summed E-state index contributed by atoms with van der Waals surface area (Å²) in [7, 11) is 0. The van der Waals surface area contributed by atoms with Gasteiger partial charge in [-0.15, -0.1) is 22.7 Å². The number of rotatable bonds is 3. The van der Waals surface area contributed by atoms with Crippen LogP contribution in [0.1, 0.15) is 22.2 Å². The average molecular weight is 275 g/mol. The van der Waals surface area contributed by atoms with Gasteiger partial charge in [0.1, 0.15) is 0 Å². The van der Waals surface area contributed by atoms with Crippen molar-refractivity contribution in [2.75, 3.05) is 0 Å². The normalized spacial score (nSPS) is 13.0. The average Bonchev–Trinajstić information content (AvgIpc) is 3.00. The second kappa shape index (κ2) is 4.78. The summed E-state index contributed by atoms with van der Waals surface area (Å²) in [6.45, 7) is 2.02. The van der Waals surface area contributed by atoms with Crippen LogP contribution in [-0.4, -0.2) is 4.98 Å². The fourth-order valence-corrected chi connectivity index (χ4v) is 3.96. The largest absolute Gasteiger partial charge is 0.271 e. The Morgan fingerprint density at radius 3 is 2.89 bits per heavy atom. The Kier molecular flexibility index (Phi) is 3.13. The van der Waals surface area contributed by atoms with Gasteiger partial charge in [0.25, 0.3) is 0 Å². The van der Waals surface area contributed by atoms with E-state index in [4.69, 9.17) is 5.84 Å². The van der Waals surface area contributed by atoms with Gasteiger partial charge in [-0.25, -0.2) is 10.4 Å². The first-order valence-electron chi connectivity index (χ1n) is 5.63. The molecular weight excluding hydrogens is 262 g/mol. The highest BCUT2D eigenvalue weighted by Crippen LogP contribution is 2.34. The van der Waals surface area contributed by atoms with Gasteiger partial charge in [-0.05, 0) is 29.3 Å². The molecule has 2 aromatic heterocycles. The molecule has 0 aliphatic carbocycles. The number of benzene rings is 1. The first kappa shape index (κ1) is 11.8. The predicted octanol–water partition coefficient (Wildman–Crippen LogP) is 3.22. The van der Waals surface area contributed by atoms with E-state index in [0.29, 0.717) is 0 Å². The molecule has 1 unspecified atom stereocenters. The molecule has 3 N–H and O–H groups in total. The minimum absolute atomic E-state index is 0.0137. The van der Waals surface area contributed by atoms with Crippen LogP contribution < -0.4 is 11.3 Å². The minimum Gasteiger partial charge on any atom is -0.271 e. The number of nitrogens with zero attached hydrogens (tertiary/aromatic N) is 1. The van der Waals surface area contributed by atoms with Crippen molar-refractivity contribution in [2.24, 2.45) is 5.84 Å². The second-order valence-corrected chi connectivity index (χ2v) is 5.89. The molecule has 0 fully saturated rings. The summed E-state index contributed by atoms with van der Waals surface area (Å²) >= 11 is 3.39. The highest BCUT2D eigenvalue weighted by Gasteiger charge is 2.19. The van der Waals surface area contributed by atoms with E-state index in [1.807, 2.05) is 12.4 Å². The number of thiophene rings is 1. The molecule has 0 aliphatic heterocycles. The molecule has 2 heterocycles. The molecule has 18 heavy (non-hydrogen) atoms. The van der Waals surface area contributed by atoms with Crippen molar-refractivity contribution in [3.8, 4) is 0 Å². The summed E-state index contributed by atoms with van der Waals surface area (Å²) in [6, 6.07) is 8.48. The lowest BCUT2D eigenvalue weighted by atomic mass is 10.0. The zero-order valence-electron chi connectivity index (χ0n) is 9.88. The third-order valence-corrected chi connectivity index (χ3v) is 5.01. The monoisotopic (exact) mass is 275 g/mol. The Morgan fingerprint density at radius 2 is 2.17 bits per heavy atom. The number of hydrogen-bond acceptors (Lipinski definition) is 5. The van der Waals surface area contributed by atoms with Gasteiger partial charge in [0, 0.05) is 4.70 Å². The number of nitrogens with one attached hydrogen (secondary N) is 1. The quantitative estimate of drug-likeness (QED) is 0.570. The summed E-state index contributed by atoms with van der Waals surface area (Å²) in [5, 5.41) is 3.38. The van der Waals surface area contributed by atoms with Crippen molar-refractivity contribution in [1.29, 1.82) is 0 Å². The first-order valence-corrected chi connectivity index (χ1v) is 7.39. The highest BCUT2D eigenvalue weighted by molar-refractivity contribution is 7.17. The number of thiazole rings is 1. The van der Waals surface area contributed by atoms with Gasteiger partial charge in [-0.3, -0.25) is 5.84 Å². The smallest absolute Gasteiger partial charge is 0.0835 e. The molecular formula is C13H13N3S2. The van der Waals surface area contributed by atoms with E-state index in [1.54, 1.807) is 22.7 Å². The van der Waals surface area contributed by atoms with Crippen LogP contribution in [0.4, 0.5) is 0 Å². The van der Waals surface area contributed by atoms with Gasteiger partial charge in [0.15, 0.2) is 0 Å². The van der Waals surface area contributed by atoms with Crippen LogP contribution in [0.3, 0.4) is 0 Å². The Bertz CT molecular complexity index is 671. The standard InChI is InChI=1S/C13H13N3S2/c1-8-12(18-7-15-8)11(16-14)10-4-2-3-9-5-6-17-13(9)10/h2-7,11,16H,14H2,1H3. The fraction of sp³-hybridized carbons (Fsp3) is 0.154. The minimum atomic E-state index is 0.0137. The molecule has 5 heteroatoms. The van der Waals surface area contributed by atoms with Gasteiger partial charge in [-0.1, -0.05) is 18.2 Å². The summed E-state index contributed by atoms with van der Waals surface area (Å²) in [5.74, 6) is 5.76. The SMILES string of the molecule is Cc1ncsc1C(NN)c1cccc2ccsc12. The van der Waals surface area contributed by atoms with Crippen molar-refractivity contribution in [2.45, 2.75) is 13.0 Å². The maximum absolute atomic E-state index is 5.76. The van der Waals surface area contributed by atoms with Crippen molar-refractivity contribution < 1.29 is 0 Å². The van der Waals surface area contributed by atoms with Gasteiger partial charge < -0.3 is 0 Å². The van der Waals surface area contributed by atoms with E-state index in [-0.39, 0.29) is 6.04 Å². The highest BCUT2D eigenvalue weighted by atomic mass is 32.1. The topological polar surface area (TPSA) is 50.9 Å². The molecule has 0 spiro atoms. The van der Waals surface area contributed by atoms with Crippen LogP contribution in [0.15, 0.2) is 35.2 Å². The van der Waals surface area contributed by atoms with Crippen LogP contribution in [0.25, 0.3) is 10.1 Å². The van der Waals surface area contributed by atoms with Crippen LogP contribution in [0.2, 0.25) is 0 Å². The fourth-order valence-electron chi connectivity index (χ4n) is 2.14. The van der Waals surface area contributed by atoms with E-state index in [1.165, 1.54) is 20.5 Å². The molecule has 0 amide bonds. The number of aryl methyl sites for hydroxylation is 1. The van der Waals surface area contributed by atoms with Gasteiger partial charge in [0.05, 0.1) is 22.1 Å². The summed E-state index contributed by atoms with van der Waals surface area (Å²) in [5.41, 5.74) is 7.04. The Hall–Kier alpha value is -1.27. The van der Waals surface area contributed by atoms with Crippen LogP contribution >= 0.6 is 22.7 Å². The molecule has 3 rings (SSSR count). The Balaban J connectivity index is 2.17. The summed E-state index contributed by atoms with van der Waals surface area (Å²) < 4.78 is 1.29. The van der Waals surface area contributed by atoms with Gasteiger partial charge >= 0.3 is 0 Å². The Morgan fingerprint density at radius 1 is 1.28 bits per heavy atom. The summed E-state index contributed by atoms with van der Waals surface area (Å²) in [4.78, 5) is 5.48. The molecule has 0 aliphatic rings. The number of hydrazine groups is 1. The number of nitrogens with two attached hydrogens (primary N) is 1. The number of hydrogen-bond donors (Lipinski definition) is 2. The molecule has 3 aromatic rings. The number of fused-ring (bicyclic) bond motifs is 1. The van der Waals surface area contributed by atoms with Crippen LogP contribution in [0, 0.1) is 6.92 Å². The summed E-state index contributed by atoms with van der Waals surface area (Å²) in [6.07, 6.45) is 0. The third-order valence-electron chi connectivity index (χ3n) is 3.03. The first-order chi connectivity index (χ1) is 8.81. The van der Waals surface area contributed by atoms with Gasteiger partial charge in [-0.2, -0.15) is 0 Å². The van der Waals surface area contributed by atoms with Crippen LogP contribution in [-0.2, 0) is 0 Å². The maximum Gasteiger partial charge on any atom is 0.0835 e. The van der Waals surface area contributed by atoms with Crippen molar-refractivity contribution >= 4 is 32.8 Å². The Labute approximate surface area is 113 Å². The predicted molar refractivity (Wildman–Crippen MR) is 77.8 cm³/mol. The molecule has 92 valence electrons. The molecule has 0 saturated carbocycles. The second-order valence-electron chi connectivity index (χ2n) is 4.09. The van der Waals surface area contributed by atoms with Crippen molar-refractivity contribution in [3.05, 3.63) is 51.3 Å².